The Morgan fingerprint density at radius 1 is 0.932 bits per heavy atom. The molecule has 0 saturated heterocycles. The predicted octanol–water partition coefficient (Wildman–Crippen LogP) is 5.81. The molecular weight excluding hydrogens is 602 g/mol. The zero-order chi connectivity index (χ0) is 31.7. The van der Waals surface area contributed by atoms with Gasteiger partial charge >= 0.3 is 0 Å². The Balaban J connectivity index is 1.71. The molecule has 44 heavy (non-hydrogen) atoms. The van der Waals surface area contributed by atoms with Gasteiger partial charge in [0.2, 0.25) is 11.8 Å². The smallest absolute Gasteiger partial charge is 0.264 e. The SMILES string of the molecule is CCOc1ccc(N(CC(=O)N(Cc2ccc(OC)cc2)[C@@H](CC)C(=O)NC2CCCC2)S(=O)(=O)c2ccc(Cl)cc2)cc1. The average Bonchev–Trinajstić information content (AvgIpc) is 3.54. The highest BCUT2D eigenvalue weighted by molar-refractivity contribution is 7.92. The van der Waals surface area contributed by atoms with Gasteiger partial charge < -0.3 is 19.7 Å². The second-order valence-electron chi connectivity index (χ2n) is 10.7. The van der Waals surface area contributed by atoms with E-state index in [0.717, 1.165) is 35.6 Å². The highest BCUT2D eigenvalue weighted by Gasteiger charge is 2.34. The van der Waals surface area contributed by atoms with E-state index in [2.05, 4.69) is 5.32 Å². The van der Waals surface area contributed by atoms with Gasteiger partial charge in [-0.3, -0.25) is 13.9 Å². The van der Waals surface area contributed by atoms with Crippen LogP contribution in [0.15, 0.2) is 77.7 Å². The minimum absolute atomic E-state index is 0.0173. The quantitative estimate of drug-likeness (QED) is 0.238. The molecule has 0 bridgehead atoms. The lowest BCUT2D eigenvalue weighted by Gasteiger charge is -2.33. The van der Waals surface area contributed by atoms with Crippen LogP contribution in [-0.2, 0) is 26.2 Å². The fraction of sp³-hybridized carbons (Fsp3) is 0.394. The molecule has 1 saturated carbocycles. The summed E-state index contributed by atoms with van der Waals surface area (Å²) in [6.07, 6.45) is 4.26. The second kappa shape index (κ2) is 15.3. The van der Waals surface area contributed by atoms with Gasteiger partial charge in [-0.05, 0) is 92.4 Å². The van der Waals surface area contributed by atoms with Crippen molar-refractivity contribution in [1.29, 1.82) is 0 Å². The second-order valence-corrected chi connectivity index (χ2v) is 13.0. The molecule has 3 aromatic carbocycles. The maximum Gasteiger partial charge on any atom is 0.264 e. The molecule has 1 aliphatic rings. The van der Waals surface area contributed by atoms with E-state index in [1.165, 1.54) is 29.2 Å². The van der Waals surface area contributed by atoms with E-state index in [0.29, 0.717) is 29.5 Å². The molecule has 2 amide bonds. The van der Waals surface area contributed by atoms with Crippen LogP contribution in [0, 0.1) is 0 Å². The van der Waals surface area contributed by atoms with Gasteiger partial charge in [0, 0.05) is 17.6 Å². The van der Waals surface area contributed by atoms with Crippen LogP contribution >= 0.6 is 11.6 Å². The number of nitrogens with zero attached hydrogens (tertiary/aromatic N) is 2. The number of carbonyl (C=O) groups is 2. The third kappa shape index (κ3) is 8.24. The molecule has 0 radical (unpaired) electrons. The zero-order valence-corrected chi connectivity index (χ0v) is 26.9. The fourth-order valence-electron chi connectivity index (χ4n) is 5.35. The normalized spacial score (nSPS) is 14.1. The number of halogens is 1. The lowest BCUT2D eigenvalue weighted by atomic mass is 10.1. The fourth-order valence-corrected chi connectivity index (χ4v) is 6.89. The van der Waals surface area contributed by atoms with E-state index in [4.69, 9.17) is 21.1 Å². The third-order valence-electron chi connectivity index (χ3n) is 7.72. The molecule has 4 rings (SSSR count). The Kier molecular flexibility index (Phi) is 11.5. The topological polar surface area (TPSA) is 105 Å². The standard InChI is InChI=1S/C33H40ClN3O6S/c1-4-31(33(39)35-26-8-6-7-9-26)36(22-24-10-16-28(42-3)17-11-24)32(38)23-37(27-14-18-29(19-15-27)43-5-2)44(40,41)30-20-12-25(34)13-21-30/h10-21,26,31H,4-9,22-23H2,1-3H3,(H,35,39)/t31-/m0/s1. The number of ether oxygens (including phenoxy) is 2. The lowest BCUT2D eigenvalue weighted by Crippen LogP contribution is -2.53. The number of carbonyl (C=O) groups excluding carboxylic acids is 2. The minimum atomic E-state index is -4.21. The van der Waals surface area contributed by atoms with Gasteiger partial charge in [-0.15, -0.1) is 0 Å². The minimum Gasteiger partial charge on any atom is -0.497 e. The van der Waals surface area contributed by atoms with Gasteiger partial charge in [0.1, 0.15) is 24.1 Å². The van der Waals surface area contributed by atoms with Crippen molar-refractivity contribution in [2.45, 2.75) is 69.5 Å². The molecule has 1 fully saturated rings. The Hall–Kier alpha value is -3.76. The van der Waals surface area contributed by atoms with Crippen LogP contribution in [0.25, 0.3) is 0 Å². The van der Waals surface area contributed by atoms with Crippen LogP contribution in [0.2, 0.25) is 5.02 Å². The van der Waals surface area contributed by atoms with E-state index >= 15 is 0 Å². The van der Waals surface area contributed by atoms with E-state index < -0.39 is 28.5 Å². The monoisotopic (exact) mass is 641 g/mol. The molecule has 0 aliphatic heterocycles. The first-order chi connectivity index (χ1) is 21.2. The van der Waals surface area contributed by atoms with Crippen LogP contribution in [0.1, 0.15) is 51.5 Å². The number of hydrogen-bond donors (Lipinski definition) is 1. The summed E-state index contributed by atoms with van der Waals surface area (Å²) in [5.74, 6) is 0.477. The molecule has 1 N–H and O–H groups in total. The molecule has 3 aromatic rings. The molecule has 236 valence electrons. The van der Waals surface area contributed by atoms with Crippen LogP contribution in [0.4, 0.5) is 5.69 Å². The van der Waals surface area contributed by atoms with Crippen molar-refractivity contribution in [1.82, 2.24) is 10.2 Å². The molecule has 1 atom stereocenters. The number of methoxy groups -OCH3 is 1. The van der Waals surface area contributed by atoms with Crippen molar-refractivity contribution in [2.75, 3.05) is 24.6 Å². The molecular formula is C33H40ClN3O6S. The number of sulfonamides is 1. The van der Waals surface area contributed by atoms with Gasteiger partial charge in [0.25, 0.3) is 10.0 Å². The highest BCUT2D eigenvalue weighted by Crippen LogP contribution is 2.28. The van der Waals surface area contributed by atoms with Crippen molar-refractivity contribution < 1.29 is 27.5 Å². The van der Waals surface area contributed by atoms with Crippen molar-refractivity contribution in [3.05, 3.63) is 83.4 Å². The Morgan fingerprint density at radius 3 is 2.11 bits per heavy atom. The van der Waals surface area contributed by atoms with Crippen LogP contribution in [-0.4, -0.2) is 57.5 Å². The first-order valence-electron chi connectivity index (χ1n) is 14.9. The van der Waals surface area contributed by atoms with Gasteiger partial charge in [-0.25, -0.2) is 8.42 Å². The van der Waals surface area contributed by atoms with E-state index in [1.54, 1.807) is 43.5 Å². The van der Waals surface area contributed by atoms with Gasteiger partial charge in [0.05, 0.1) is 24.3 Å². The van der Waals surface area contributed by atoms with Gasteiger partial charge in [-0.1, -0.05) is 43.5 Å². The summed E-state index contributed by atoms with van der Waals surface area (Å²) in [7, 11) is -2.64. The van der Waals surface area contributed by atoms with E-state index in [9.17, 15) is 18.0 Å². The summed E-state index contributed by atoms with van der Waals surface area (Å²) in [5, 5.41) is 3.51. The van der Waals surface area contributed by atoms with Gasteiger partial charge in [0.15, 0.2) is 0 Å². The zero-order valence-electron chi connectivity index (χ0n) is 25.4. The van der Waals surface area contributed by atoms with Crippen LogP contribution < -0.4 is 19.1 Å². The number of rotatable bonds is 14. The lowest BCUT2D eigenvalue weighted by molar-refractivity contribution is -0.140. The van der Waals surface area contributed by atoms with Crippen molar-refractivity contribution in [2.24, 2.45) is 0 Å². The Labute approximate surface area is 265 Å². The van der Waals surface area contributed by atoms with Crippen LogP contribution in [0.5, 0.6) is 11.5 Å². The van der Waals surface area contributed by atoms with Crippen LogP contribution in [0.3, 0.4) is 0 Å². The first kappa shape index (κ1) is 33.1. The number of amides is 2. The summed E-state index contributed by atoms with van der Waals surface area (Å²) in [6.45, 7) is 3.74. The molecule has 0 spiro atoms. The number of benzene rings is 3. The molecule has 1 aliphatic carbocycles. The molecule has 9 nitrogen and oxygen atoms in total. The van der Waals surface area contributed by atoms with Crippen molar-refractivity contribution >= 4 is 39.1 Å². The Bertz CT molecular complexity index is 1490. The maximum atomic E-state index is 14.3. The summed E-state index contributed by atoms with van der Waals surface area (Å²) in [5.41, 5.74) is 1.06. The van der Waals surface area contributed by atoms with E-state index in [-0.39, 0.29) is 29.1 Å². The molecule has 11 heteroatoms. The Morgan fingerprint density at radius 2 is 1.55 bits per heavy atom. The largest absolute Gasteiger partial charge is 0.497 e. The van der Waals surface area contributed by atoms with Crippen molar-refractivity contribution in [3.8, 4) is 11.5 Å². The number of anilines is 1. The number of hydrogen-bond acceptors (Lipinski definition) is 6. The summed E-state index contributed by atoms with van der Waals surface area (Å²) in [4.78, 5) is 29.3. The summed E-state index contributed by atoms with van der Waals surface area (Å²) in [6, 6.07) is 18.8. The maximum absolute atomic E-state index is 14.3. The third-order valence-corrected chi connectivity index (χ3v) is 9.76. The molecule has 0 unspecified atom stereocenters. The molecule has 0 aromatic heterocycles. The average molecular weight is 642 g/mol. The van der Waals surface area contributed by atoms with Gasteiger partial charge in [-0.2, -0.15) is 0 Å². The summed E-state index contributed by atoms with van der Waals surface area (Å²) < 4.78 is 40.0. The van der Waals surface area contributed by atoms with Crippen molar-refractivity contribution in [3.63, 3.8) is 0 Å². The number of nitrogens with one attached hydrogen (secondary N) is 1. The highest BCUT2D eigenvalue weighted by atomic mass is 35.5. The summed E-state index contributed by atoms with van der Waals surface area (Å²) >= 11 is 6.04. The van der Waals surface area contributed by atoms with E-state index in [1.807, 2.05) is 26.0 Å². The first-order valence-corrected chi connectivity index (χ1v) is 16.7. The molecule has 0 heterocycles. The predicted molar refractivity (Wildman–Crippen MR) is 172 cm³/mol.